The van der Waals surface area contributed by atoms with Crippen molar-refractivity contribution in [3.8, 4) is 5.75 Å². The highest BCUT2D eigenvalue weighted by molar-refractivity contribution is 5.85. The van der Waals surface area contributed by atoms with Crippen molar-refractivity contribution in [1.82, 2.24) is 10.6 Å². The number of benzene rings is 1. The lowest BCUT2D eigenvalue weighted by atomic mass is 9.78. The van der Waals surface area contributed by atoms with Crippen LogP contribution in [-0.4, -0.2) is 45.4 Å². The van der Waals surface area contributed by atoms with Crippen LogP contribution in [-0.2, 0) is 9.53 Å². The summed E-state index contributed by atoms with van der Waals surface area (Å²) < 4.78 is 11.3. The molecule has 0 radical (unpaired) electrons. The highest BCUT2D eigenvalue weighted by Gasteiger charge is 2.40. The number of rotatable bonds is 7. The maximum Gasteiger partial charge on any atom is 0.228 e. The Morgan fingerprint density at radius 1 is 1.28 bits per heavy atom. The van der Waals surface area contributed by atoms with Gasteiger partial charge in [-0.2, -0.15) is 0 Å². The van der Waals surface area contributed by atoms with E-state index in [9.17, 15) is 4.79 Å². The predicted molar refractivity (Wildman–Crippen MR) is 103 cm³/mol. The summed E-state index contributed by atoms with van der Waals surface area (Å²) in [5, 5.41) is 6.42. The van der Waals surface area contributed by atoms with E-state index in [2.05, 4.69) is 10.6 Å². The normalized spacial score (nSPS) is 17.3. The standard InChI is InChI=1S/C19H30N2O3.ClH/c1-14-6-5-7-15(2)17(14)24-12-16(3)21-18(22)19(13-23-4)8-10-20-11-9-19;/h5-7,16,20H,8-13H2,1-4H3,(H,21,22);1H. The average Bonchev–Trinajstić information content (AvgIpc) is 2.55. The summed E-state index contributed by atoms with van der Waals surface area (Å²) in [4.78, 5) is 12.8. The van der Waals surface area contributed by atoms with E-state index in [0.717, 1.165) is 42.8 Å². The SMILES string of the molecule is COCC1(C(=O)NC(C)COc2c(C)cccc2C)CCNCC1.Cl. The van der Waals surface area contributed by atoms with Crippen LogP contribution in [0.15, 0.2) is 18.2 Å². The number of aryl methyl sites for hydroxylation is 2. The van der Waals surface area contributed by atoms with Gasteiger partial charge in [-0.1, -0.05) is 18.2 Å². The van der Waals surface area contributed by atoms with Gasteiger partial charge >= 0.3 is 0 Å². The van der Waals surface area contributed by atoms with Gasteiger partial charge in [0, 0.05) is 7.11 Å². The van der Waals surface area contributed by atoms with Gasteiger partial charge in [0.1, 0.15) is 12.4 Å². The molecule has 1 amide bonds. The number of para-hydroxylation sites is 1. The van der Waals surface area contributed by atoms with Gasteiger partial charge in [0.25, 0.3) is 0 Å². The van der Waals surface area contributed by atoms with Crippen molar-refractivity contribution in [2.75, 3.05) is 33.4 Å². The van der Waals surface area contributed by atoms with Crippen LogP contribution in [0, 0.1) is 19.3 Å². The number of ether oxygens (including phenoxy) is 2. The molecule has 142 valence electrons. The molecule has 1 saturated heterocycles. The van der Waals surface area contributed by atoms with Crippen molar-refractivity contribution in [2.24, 2.45) is 5.41 Å². The Balaban J connectivity index is 0.00000312. The molecule has 2 N–H and O–H groups in total. The summed E-state index contributed by atoms with van der Waals surface area (Å²) >= 11 is 0. The minimum atomic E-state index is -0.424. The molecule has 1 aliphatic heterocycles. The number of carbonyl (C=O) groups excluding carboxylic acids is 1. The smallest absolute Gasteiger partial charge is 0.228 e. The fourth-order valence-electron chi connectivity index (χ4n) is 3.27. The first-order chi connectivity index (χ1) is 11.5. The molecule has 1 fully saturated rings. The summed E-state index contributed by atoms with van der Waals surface area (Å²) in [6.07, 6.45) is 1.61. The second-order valence-corrected chi connectivity index (χ2v) is 6.87. The fraction of sp³-hybridized carbons (Fsp3) is 0.632. The number of piperidine rings is 1. The third kappa shape index (κ3) is 5.59. The Bertz CT molecular complexity index is 534. The van der Waals surface area contributed by atoms with Gasteiger partial charge in [-0.15, -0.1) is 12.4 Å². The summed E-state index contributed by atoms with van der Waals surface area (Å²) in [6, 6.07) is 6.04. The highest BCUT2D eigenvalue weighted by atomic mass is 35.5. The Kier molecular flexibility index (Phi) is 8.69. The topological polar surface area (TPSA) is 59.6 Å². The van der Waals surface area contributed by atoms with Crippen LogP contribution in [0.3, 0.4) is 0 Å². The number of methoxy groups -OCH3 is 1. The molecule has 1 aromatic carbocycles. The molecule has 1 atom stereocenters. The highest BCUT2D eigenvalue weighted by Crippen LogP contribution is 2.29. The summed E-state index contributed by atoms with van der Waals surface area (Å²) in [5.41, 5.74) is 1.80. The van der Waals surface area contributed by atoms with Gasteiger partial charge in [0.2, 0.25) is 5.91 Å². The van der Waals surface area contributed by atoms with Crippen LogP contribution in [0.1, 0.15) is 30.9 Å². The van der Waals surface area contributed by atoms with Crippen LogP contribution >= 0.6 is 12.4 Å². The quantitative estimate of drug-likeness (QED) is 0.774. The molecular weight excluding hydrogens is 340 g/mol. The van der Waals surface area contributed by atoms with E-state index < -0.39 is 5.41 Å². The largest absolute Gasteiger partial charge is 0.491 e. The van der Waals surface area contributed by atoms with Crippen molar-refractivity contribution in [1.29, 1.82) is 0 Å². The lowest BCUT2D eigenvalue weighted by molar-refractivity contribution is -0.137. The molecular formula is C19H31ClN2O3. The molecule has 0 spiro atoms. The second kappa shape index (κ2) is 10.00. The average molecular weight is 371 g/mol. The van der Waals surface area contributed by atoms with E-state index in [4.69, 9.17) is 9.47 Å². The third-order valence-electron chi connectivity index (χ3n) is 4.73. The number of nitrogens with one attached hydrogen (secondary N) is 2. The monoisotopic (exact) mass is 370 g/mol. The number of hydrogen-bond donors (Lipinski definition) is 2. The van der Waals surface area contributed by atoms with Crippen molar-refractivity contribution in [2.45, 2.75) is 39.7 Å². The molecule has 0 aromatic heterocycles. The first-order valence-corrected chi connectivity index (χ1v) is 8.68. The number of hydrogen-bond acceptors (Lipinski definition) is 4. The summed E-state index contributed by atoms with van der Waals surface area (Å²) in [6.45, 7) is 8.67. The molecule has 0 bridgehead atoms. The van der Waals surface area contributed by atoms with Crippen LogP contribution in [0.4, 0.5) is 0 Å². The number of amides is 1. The third-order valence-corrected chi connectivity index (χ3v) is 4.73. The van der Waals surface area contributed by atoms with Gasteiger partial charge in [0.05, 0.1) is 18.1 Å². The zero-order chi connectivity index (χ0) is 17.6. The Labute approximate surface area is 157 Å². The van der Waals surface area contributed by atoms with E-state index in [-0.39, 0.29) is 24.4 Å². The van der Waals surface area contributed by atoms with Gasteiger partial charge in [0.15, 0.2) is 0 Å². The zero-order valence-corrected chi connectivity index (χ0v) is 16.5. The van der Waals surface area contributed by atoms with E-state index >= 15 is 0 Å². The van der Waals surface area contributed by atoms with Crippen molar-refractivity contribution >= 4 is 18.3 Å². The maximum atomic E-state index is 12.8. The van der Waals surface area contributed by atoms with Gasteiger partial charge in [-0.05, 0) is 57.8 Å². The van der Waals surface area contributed by atoms with Crippen molar-refractivity contribution < 1.29 is 14.3 Å². The van der Waals surface area contributed by atoms with Crippen LogP contribution < -0.4 is 15.4 Å². The maximum absolute atomic E-state index is 12.8. The van der Waals surface area contributed by atoms with E-state index in [1.807, 2.05) is 39.0 Å². The van der Waals surface area contributed by atoms with Crippen molar-refractivity contribution in [3.63, 3.8) is 0 Å². The molecule has 1 unspecified atom stereocenters. The van der Waals surface area contributed by atoms with Gasteiger partial charge in [-0.3, -0.25) is 4.79 Å². The first kappa shape index (κ1) is 21.7. The van der Waals surface area contributed by atoms with E-state index in [1.54, 1.807) is 7.11 Å². The molecule has 0 aliphatic carbocycles. The zero-order valence-electron chi connectivity index (χ0n) is 15.7. The Morgan fingerprint density at radius 2 is 1.88 bits per heavy atom. The number of carbonyl (C=O) groups is 1. The first-order valence-electron chi connectivity index (χ1n) is 8.68. The molecule has 5 nitrogen and oxygen atoms in total. The summed E-state index contributed by atoms with van der Waals surface area (Å²) in [5.74, 6) is 0.982. The predicted octanol–water partition coefficient (Wildman–Crippen LogP) is 2.62. The summed E-state index contributed by atoms with van der Waals surface area (Å²) in [7, 11) is 1.66. The van der Waals surface area contributed by atoms with E-state index in [0.29, 0.717) is 13.2 Å². The Hall–Kier alpha value is -1.30. The minimum absolute atomic E-state index is 0. The molecule has 0 saturated carbocycles. The Morgan fingerprint density at radius 3 is 2.44 bits per heavy atom. The second-order valence-electron chi connectivity index (χ2n) is 6.87. The van der Waals surface area contributed by atoms with E-state index in [1.165, 1.54) is 0 Å². The van der Waals surface area contributed by atoms with Crippen molar-refractivity contribution in [3.05, 3.63) is 29.3 Å². The molecule has 1 heterocycles. The molecule has 6 heteroatoms. The molecule has 1 aromatic rings. The van der Waals surface area contributed by atoms with Gasteiger partial charge in [-0.25, -0.2) is 0 Å². The molecule has 25 heavy (non-hydrogen) atoms. The van der Waals surface area contributed by atoms with Gasteiger partial charge < -0.3 is 20.1 Å². The lowest BCUT2D eigenvalue weighted by Gasteiger charge is -2.36. The minimum Gasteiger partial charge on any atom is -0.491 e. The van der Waals surface area contributed by atoms with Crippen LogP contribution in [0.5, 0.6) is 5.75 Å². The van der Waals surface area contributed by atoms with Crippen LogP contribution in [0.2, 0.25) is 0 Å². The molecule has 1 aliphatic rings. The van der Waals surface area contributed by atoms with Crippen LogP contribution in [0.25, 0.3) is 0 Å². The number of halogens is 1. The molecule has 2 rings (SSSR count). The fourth-order valence-corrected chi connectivity index (χ4v) is 3.27. The lowest BCUT2D eigenvalue weighted by Crippen LogP contribution is -2.52.